The van der Waals surface area contributed by atoms with Gasteiger partial charge in [0.05, 0.1) is 23.5 Å². The second-order valence-electron chi connectivity index (χ2n) is 3.15. The second kappa shape index (κ2) is 6.19. The van der Waals surface area contributed by atoms with Gasteiger partial charge in [0.2, 0.25) is 0 Å². The first kappa shape index (κ1) is 12.6. The maximum Gasteiger partial charge on any atom is 0.270 e. The van der Waals surface area contributed by atoms with Gasteiger partial charge < -0.3 is 5.11 Å². The van der Waals surface area contributed by atoms with E-state index < -0.39 is 11.0 Å². The standard InChI is InChI=1S/C10H11ClN2O3/c11-5-10(14)7-12-6-8-2-1-3-9(4-8)13(15)16/h1-4,6,10,14H,5,7H2/t10-/m1/s1. The largest absolute Gasteiger partial charge is 0.390 e. The third-order valence-corrected chi connectivity index (χ3v) is 2.17. The maximum absolute atomic E-state index is 10.5. The van der Waals surface area contributed by atoms with E-state index in [-0.39, 0.29) is 18.1 Å². The van der Waals surface area contributed by atoms with Crippen molar-refractivity contribution in [3.8, 4) is 0 Å². The van der Waals surface area contributed by atoms with Crippen LogP contribution in [-0.4, -0.2) is 34.8 Å². The van der Waals surface area contributed by atoms with Crippen LogP contribution >= 0.6 is 11.6 Å². The summed E-state index contributed by atoms with van der Waals surface area (Å²) in [5, 5.41) is 19.6. The average molecular weight is 243 g/mol. The molecule has 1 aromatic rings. The van der Waals surface area contributed by atoms with Crippen LogP contribution in [0, 0.1) is 10.1 Å². The Labute approximate surface area is 97.5 Å². The number of hydrogen-bond acceptors (Lipinski definition) is 4. The second-order valence-corrected chi connectivity index (χ2v) is 3.46. The number of aliphatic hydroxyl groups excluding tert-OH is 1. The molecule has 16 heavy (non-hydrogen) atoms. The number of alkyl halides is 1. The van der Waals surface area contributed by atoms with E-state index in [1.165, 1.54) is 18.3 Å². The lowest BCUT2D eigenvalue weighted by Crippen LogP contribution is -2.12. The summed E-state index contributed by atoms with van der Waals surface area (Å²) in [6.07, 6.45) is 0.791. The van der Waals surface area contributed by atoms with E-state index in [0.29, 0.717) is 5.56 Å². The predicted octanol–water partition coefficient (Wildman–Crippen LogP) is 1.61. The molecular weight excluding hydrogens is 232 g/mol. The molecule has 0 heterocycles. The molecule has 1 atom stereocenters. The summed E-state index contributed by atoms with van der Waals surface area (Å²) in [4.78, 5) is 13.9. The zero-order valence-electron chi connectivity index (χ0n) is 8.41. The zero-order valence-corrected chi connectivity index (χ0v) is 9.17. The average Bonchev–Trinajstić information content (AvgIpc) is 2.29. The number of nitrogens with zero attached hydrogens (tertiary/aromatic N) is 2. The molecule has 0 spiro atoms. The van der Waals surface area contributed by atoms with Crippen molar-refractivity contribution in [2.24, 2.45) is 4.99 Å². The quantitative estimate of drug-likeness (QED) is 0.369. The van der Waals surface area contributed by atoms with Gasteiger partial charge in [0.1, 0.15) is 0 Å². The highest BCUT2D eigenvalue weighted by Crippen LogP contribution is 2.11. The van der Waals surface area contributed by atoms with E-state index >= 15 is 0 Å². The lowest BCUT2D eigenvalue weighted by Gasteiger charge is -2.00. The van der Waals surface area contributed by atoms with Crippen LogP contribution in [-0.2, 0) is 0 Å². The minimum Gasteiger partial charge on any atom is -0.390 e. The van der Waals surface area contributed by atoms with Crippen LogP contribution in [0.1, 0.15) is 5.56 Å². The smallest absolute Gasteiger partial charge is 0.270 e. The summed E-state index contributed by atoms with van der Waals surface area (Å²) in [6.45, 7) is 0.187. The van der Waals surface area contributed by atoms with Crippen LogP contribution in [0.3, 0.4) is 0 Å². The highest BCUT2D eigenvalue weighted by atomic mass is 35.5. The van der Waals surface area contributed by atoms with Gasteiger partial charge in [0.15, 0.2) is 0 Å². The molecule has 0 saturated heterocycles. The third-order valence-electron chi connectivity index (χ3n) is 1.82. The minimum atomic E-state index is -0.684. The molecule has 1 rings (SSSR count). The molecule has 1 N–H and O–H groups in total. The summed E-state index contributed by atoms with van der Waals surface area (Å²) in [6, 6.07) is 6.10. The van der Waals surface area contributed by atoms with Crippen molar-refractivity contribution in [2.75, 3.05) is 12.4 Å². The van der Waals surface area contributed by atoms with E-state index in [1.54, 1.807) is 12.1 Å². The Morgan fingerprint density at radius 2 is 2.38 bits per heavy atom. The first-order valence-corrected chi connectivity index (χ1v) is 5.15. The molecule has 0 fully saturated rings. The van der Waals surface area contributed by atoms with Crippen LogP contribution in [0.25, 0.3) is 0 Å². The zero-order chi connectivity index (χ0) is 12.0. The summed E-state index contributed by atoms with van der Waals surface area (Å²) in [7, 11) is 0. The van der Waals surface area contributed by atoms with Gasteiger partial charge in [0, 0.05) is 18.3 Å². The van der Waals surface area contributed by atoms with Crippen molar-refractivity contribution in [1.82, 2.24) is 0 Å². The number of hydrogen-bond donors (Lipinski definition) is 1. The molecule has 1 aromatic carbocycles. The van der Waals surface area contributed by atoms with Gasteiger partial charge in [-0.15, -0.1) is 11.6 Å². The first-order chi connectivity index (χ1) is 7.63. The Hall–Kier alpha value is -1.46. The van der Waals surface area contributed by atoms with E-state index in [9.17, 15) is 10.1 Å². The van der Waals surface area contributed by atoms with E-state index in [1.807, 2.05) is 0 Å². The SMILES string of the molecule is O=[N+]([O-])c1cccc(C=NC[C@H](O)CCl)c1. The summed E-state index contributed by atoms with van der Waals surface area (Å²) in [5.41, 5.74) is 0.637. The van der Waals surface area contributed by atoms with Crippen LogP contribution in [0.2, 0.25) is 0 Å². The normalized spacial score (nSPS) is 12.9. The summed E-state index contributed by atoms with van der Waals surface area (Å²) in [5.74, 6) is 0.117. The fourth-order valence-corrected chi connectivity index (χ4v) is 1.14. The van der Waals surface area contributed by atoms with Crippen molar-refractivity contribution >= 4 is 23.5 Å². The monoisotopic (exact) mass is 242 g/mol. The number of benzene rings is 1. The highest BCUT2D eigenvalue weighted by Gasteiger charge is 2.04. The van der Waals surface area contributed by atoms with Gasteiger partial charge in [-0.3, -0.25) is 15.1 Å². The molecule has 0 aliphatic heterocycles. The Kier molecular flexibility index (Phi) is 4.88. The highest BCUT2D eigenvalue weighted by molar-refractivity contribution is 6.18. The fraction of sp³-hybridized carbons (Fsp3) is 0.300. The van der Waals surface area contributed by atoms with Crippen molar-refractivity contribution in [1.29, 1.82) is 0 Å². The van der Waals surface area contributed by atoms with Crippen molar-refractivity contribution in [3.63, 3.8) is 0 Å². The number of aliphatic hydroxyl groups is 1. The number of nitro groups is 1. The van der Waals surface area contributed by atoms with E-state index in [2.05, 4.69) is 4.99 Å². The van der Waals surface area contributed by atoms with Crippen LogP contribution in [0.15, 0.2) is 29.3 Å². The topological polar surface area (TPSA) is 75.7 Å². The number of non-ortho nitro benzene ring substituents is 1. The lowest BCUT2D eigenvalue weighted by molar-refractivity contribution is -0.384. The Bertz CT molecular complexity index is 395. The molecule has 0 aliphatic rings. The molecule has 5 nitrogen and oxygen atoms in total. The molecule has 86 valence electrons. The van der Waals surface area contributed by atoms with Crippen LogP contribution in [0.5, 0.6) is 0 Å². The fourth-order valence-electron chi connectivity index (χ4n) is 1.05. The lowest BCUT2D eigenvalue weighted by atomic mass is 10.2. The molecule has 0 amide bonds. The number of aliphatic imine (C=N–C) groups is 1. The predicted molar refractivity (Wildman–Crippen MR) is 62.3 cm³/mol. The minimum absolute atomic E-state index is 0.0156. The van der Waals surface area contributed by atoms with Gasteiger partial charge in [-0.1, -0.05) is 12.1 Å². The van der Waals surface area contributed by atoms with Gasteiger partial charge in [0.25, 0.3) is 5.69 Å². The molecule has 0 aromatic heterocycles. The Morgan fingerprint density at radius 3 is 3.00 bits per heavy atom. The van der Waals surface area contributed by atoms with Crippen LogP contribution < -0.4 is 0 Å². The van der Waals surface area contributed by atoms with Crippen LogP contribution in [0.4, 0.5) is 5.69 Å². The molecule has 0 radical (unpaired) electrons. The molecule has 0 unspecified atom stereocenters. The summed E-state index contributed by atoms with van der Waals surface area (Å²) < 4.78 is 0. The summed E-state index contributed by atoms with van der Waals surface area (Å²) >= 11 is 5.39. The number of rotatable bonds is 5. The molecule has 6 heteroatoms. The van der Waals surface area contributed by atoms with Gasteiger partial charge in [-0.05, 0) is 5.56 Å². The van der Waals surface area contributed by atoms with E-state index in [4.69, 9.17) is 16.7 Å². The van der Waals surface area contributed by atoms with Gasteiger partial charge in [-0.2, -0.15) is 0 Å². The first-order valence-electron chi connectivity index (χ1n) is 4.62. The maximum atomic E-state index is 10.5. The Morgan fingerprint density at radius 1 is 1.62 bits per heavy atom. The van der Waals surface area contributed by atoms with Crippen molar-refractivity contribution < 1.29 is 10.0 Å². The van der Waals surface area contributed by atoms with Gasteiger partial charge in [-0.25, -0.2) is 0 Å². The molecule has 0 aliphatic carbocycles. The number of halogens is 1. The van der Waals surface area contributed by atoms with Crippen molar-refractivity contribution in [3.05, 3.63) is 39.9 Å². The van der Waals surface area contributed by atoms with Crippen molar-refractivity contribution in [2.45, 2.75) is 6.10 Å². The molecule has 0 saturated carbocycles. The molecular formula is C10H11ClN2O3. The molecule has 0 bridgehead atoms. The van der Waals surface area contributed by atoms with E-state index in [0.717, 1.165) is 0 Å². The number of nitro benzene ring substituents is 1. The van der Waals surface area contributed by atoms with Gasteiger partial charge >= 0.3 is 0 Å². The Balaban J connectivity index is 2.67. The third kappa shape index (κ3) is 3.96.